The average molecular weight is 488 g/mol. The fraction of sp³-hybridized carbons (Fsp3) is 0.600. The first-order chi connectivity index (χ1) is 13.1. The number of aliphatic hydroxyl groups excluding tert-OH is 2. The second kappa shape index (κ2) is 10.0. The second-order valence-corrected chi connectivity index (χ2v) is 7.75. The Labute approximate surface area is 186 Å². The second-order valence-electron chi connectivity index (χ2n) is 6.79. The molecule has 7 N–H and O–H groups in total. The molecule has 1 aliphatic rings. The first kappa shape index (κ1) is 26.3. The van der Waals surface area contributed by atoms with E-state index in [1.165, 1.54) is 0 Å². The molecule has 0 saturated carbocycles. The third-order valence-electron chi connectivity index (χ3n) is 4.46. The van der Waals surface area contributed by atoms with Crippen molar-refractivity contribution in [2.45, 2.75) is 44.4 Å². The van der Waals surface area contributed by atoms with Gasteiger partial charge in [0.15, 0.2) is 11.9 Å². The molecule has 0 unspecified atom stereocenters. The van der Waals surface area contributed by atoms with Gasteiger partial charge in [-0.05, 0) is 5.92 Å². The van der Waals surface area contributed by atoms with Gasteiger partial charge in [-0.3, -0.25) is 23.9 Å². The van der Waals surface area contributed by atoms with Crippen LogP contribution in [0.4, 0.5) is 5.95 Å². The minimum atomic E-state index is -1.53. The van der Waals surface area contributed by atoms with Crippen LogP contribution in [0.1, 0.15) is 20.1 Å². The van der Waals surface area contributed by atoms with Crippen LogP contribution in [-0.2, 0) is 14.3 Å². The molecular formula is C15H23Cl2N5O7S. The van der Waals surface area contributed by atoms with Crippen LogP contribution in [0.5, 0.6) is 0 Å². The fourth-order valence-electron chi connectivity index (χ4n) is 2.78. The van der Waals surface area contributed by atoms with E-state index < -0.39 is 47.0 Å². The number of hydrogen-bond acceptors (Lipinski definition) is 11. The lowest BCUT2D eigenvalue weighted by Gasteiger charge is -2.18. The van der Waals surface area contributed by atoms with Crippen molar-refractivity contribution in [3.05, 3.63) is 20.0 Å². The van der Waals surface area contributed by atoms with Gasteiger partial charge in [0, 0.05) is 0 Å². The Morgan fingerprint density at radius 2 is 1.97 bits per heavy atom. The number of thiazole rings is 1. The summed E-state index contributed by atoms with van der Waals surface area (Å²) < 4.78 is 11.5. The van der Waals surface area contributed by atoms with Gasteiger partial charge in [0.25, 0.3) is 5.56 Å². The van der Waals surface area contributed by atoms with Crippen LogP contribution >= 0.6 is 36.2 Å². The number of hydrogen-bond donors (Lipinski definition) is 5. The molecule has 0 aromatic carbocycles. The maximum absolute atomic E-state index is 12.4. The van der Waals surface area contributed by atoms with Crippen LogP contribution in [0, 0.1) is 5.92 Å². The van der Waals surface area contributed by atoms with Crippen molar-refractivity contribution < 1.29 is 24.5 Å². The number of carbonyl (C=O) groups is 1. The summed E-state index contributed by atoms with van der Waals surface area (Å²) in [6, 6.07) is -0.846. The molecule has 30 heavy (non-hydrogen) atoms. The summed E-state index contributed by atoms with van der Waals surface area (Å²) >= 11 is 0.602. The van der Waals surface area contributed by atoms with Crippen LogP contribution < -0.4 is 21.9 Å². The summed E-state index contributed by atoms with van der Waals surface area (Å²) in [5, 5.41) is 20.6. The molecule has 0 amide bonds. The maximum Gasteiger partial charge on any atom is 0.323 e. The summed E-state index contributed by atoms with van der Waals surface area (Å²) in [4.78, 5) is 41.7. The lowest BCUT2D eigenvalue weighted by Crippen LogP contribution is -2.40. The van der Waals surface area contributed by atoms with Crippen LogP contribution in [0.3, 0.4) is 0 Å². The first-order valence-electron chi connectivity index (χ1n) is 8.46. The number of aromatic nitrogens is 3. The zero-order chi connectivity index (χ0) is 20.7. The Hall–Kier alpha value is -1.74. The van der Waals surface area contributed by atoms with E-state index in [1.807, 2.05) is 0 Å². The topological polar surface area (TPSA) is 196 Å². The molecule has 1 saturated heterocycles. The number of fused-ring (bicyclic) bond motifs is 1. The van der Waals surface area contributed by atoms with Crippen molar-refractivity contribution in [3.63, 3.8) is 0 Å². The van der Waals surface area contributed by atoms with Gasteiger partial charge in [-0.2, -0.15) is 4.98 Å². The number of nitrogens with one attached hydrogen (secondary N) is 1. The van der Waals surface area contributed by atoms with E-state index in [1.54, 1.807) is 13.8 Å². The summed E-state index contributed by atoms with van der Waals surface area (Å²) in [6.07, 6.45) is -5.42. The van der Waals surface area contributed by atoms with Crippen molar-refractivity contribution in [1.29, 1.82) is 0 Å². The number of esters is 1. The standard InChI is InChI=1S/C15H21N5O7S.2ClH/c1-4(2)6(16)13(24)26-3-5-7(21)8(22)12(27-5)20-10-9(28-15(20)25)11(23)19-14(17)18-10;;/h4-8,12,21-22H,3,16H2,1-2H3,(H3,17,18,19,23);2*1H/t5-,6+,7-,8-,12-;;/m1../s1. The number of nitrogen functional groups attached to an aromatic ring is 1. The summed E-state index contributed by atoms with van der Waals surface area (Å²) in [7, 11) is 0. The maximum atomic E-state index is 12.4. The zero-order valence-corrected chi connectivity index (χ0v) is 18.3. The number of nitrogens with two attached hydrogens (primary N) is 2. The van der Waals surface area contributed by atoms with Crippen LogP contribution in [0.25, 0.3) is 10.3 Å². The molecule has 2 aromatic heterocycles. The molecule has 0 bridgehead atoms. The number of carbonyl (C=O) groups excluding carboxylic acids is 1. The van der Waals surface area contributed by atoms with Gasteiger partial charge >= 0.3 is 10.8 Å². The number of aromatic amines is 1. The first-order valence-corrected chi connectivity index (χ1v) is 9.28. The molecule has 3 rings (SSSR count). The quantitative estimate of drug-likeness (QED) is 0.316. The fourth-order valence-corrected chi connectivity index (χ4v) is 3.63. The van der Waals surface area contributed by atoms with Gasteiger partial charge in [-0.1, -0.05) is 25.2 Å². The Morgan fingerprint density at radius 3 is 2.57 bits per heavy atom. The van der Waals surface area contributed by atoms with Gasteiger partial charge in [-0.15, -0.1) is 24.8 Å². The molecule has 12 nitrogen and oxygen atoms in total. The Balaban J connectivity index is 0.00000225. The third kappa shape index (κ3) is 4.77. The van der Waals surface area contributed by atoms with E-state index in [2.05, 4.69) is 9.97 Å². The van der Waals surface area contributed by atoms with E-state index in [0.29, 0.717) is 11.3 Å². The third-order valence-corrected chi connectivity index (χ3v) is 5.41. The molecule has 0 spiro atoms. The molecule has 2 aromatic rings. The Kier molecular flexibility index (Phi) is 8.80. The van der Waals surface area contributed by atoms with E-state index in [-0.39, 0.29) is 53.6 Å². The monoisotopic (exact) mass is 487 g/mol. The van der Waals surface area contributed by atoms with Crippen molar-refractivity contribution in [2.75, 3.05) is 12.3 Å². The van der Waals surface area contributed by atoms with E-state index in [9.17, 15) is 24.6 Å². The molecular weight excluding hydrogens is 465 g/mol. The molecule has 15 heteroatoms. The largest absolute Gasteiger partial charge is 0.462 e. The summed E-state index contributed by atoms with van der Waals surface area (Å²) in [6.45, 7) is 3.13. The van der Waals surface area contributed by atoms with Gasteiger partial charge in [0.1, 0.15) is 35.7 Å². The van der Waals surface area contributed by atoms with Crippen molar-refractivity contribution in [3.8, 4) is 0 Å². The van der Waals surface area contributed by atoms with Gasteiger partial charge < -0.3 is 31.2 Å². The van der Waals surface area contributed by atoms with Crippen LogP contribution in [-0.4, -0.2) is 61.7 Å². The predicted octanol–water partition coefficient (Wildman–Crippen LogP) is -1.28. The Bertz CT molecular complexity index is 1010. The number of ether oxygens (including phenoxy) is 2. The minimum Gasteiger partial charge on any atom is -0.462 e. The van der Waals surface area contributed by atoms with E-state index in [4.69, 9.17) is 20.9 Å². The number of rotatable bonds is 5. The molecule has 5 atom stereocenters. The Morgan fingerprint density at radius 1 is 1.33 bits per heavy atom. The predicted molar refractivity (Wildman–Crippen MR) is 113 cm³/mol. The van der Waals surface area contributed by atoms with Crippen LogP contribution in [0.2, 0.25) is 0 Å². The van der Waals surface area contributed by atoms with Crippen molar-refractivity contribution in [2.24, 2.45) is 11.7 Å². The lowest BCUT2D eigenvalue weighted by atomic mass is 10.1. The minimum absolute atomic E-state index is 0. The van der Waals surface area contributed by atoms with E-state index >= 15 is 0 Å². The number of H-pyrrole nitrogens is 1. The number of halogens is 2. The average Bonchev–Trinajstić information content (AvgIpc) is 3.09. The number of anilines is 1. The number of nitrogens with zero attached hydrogens (tertiary/aromatic N) is 2. The normalized spacial score (nSPS) is 24.3. The molecule has 170 valence electrons. The van der Waals surface area contributed by atoms with Crippen molar-refractivity contribution in [1.82, 2.24) is 14.5 Å². The SMILES string of the molecule is CC(C)[C@H](N)C(=O)OC[C@H]1O[C@@H](n2c(=O)sc3c(=O)[nH]c(N)nc32)[C@H](O)[C@@H]1O.Cl.Cl. The summed E-state index contributed by atoms with van der Waals surface area (Å²) in [5.41, 5.74) is 10.5. The summed E-state index contributed by atoms with van der Waals surface area (Å²) in [5.74, 6) is -1.04. The highest BCUT2D eigenvalue weighted by molar-refractivity contribution is 7.16. The molecule has 1 aliphatic heterocycles. The van der Waals surface area contributed by atoms with Gasteiger partial charge in [-0.25, -0.2) is 0 Å². The smallest absolute Gasteiger partial charge is 0.323 e. The number of aliphatic hydroxyl groups is 2. The molecule has 3 heterocycles. The lowest BCUT2D eigenvalue weighted by molar-refractivity contribution is -0.152. The molecule has 0 radical (unpaired) electrons. The highest BCUT2D eigenvalue weighted by atomic mass is 35.5. The highest BCUT2D eigenvalue weighted by Crippen LogP contribution is 2.31. The highest BCUT2D eigenvalue weighted by Gasteiger charge is 2.46. The molecule has 1 fully saturated rings. The zero-order valence-electron chi connectivity index (χ0n) is 15.9. The van der Waals surface area contributed by atoms with Gasteiger partial charge in [0.05, 0.1) is 0 Å². The van der Waals surface area contributed by atoms with Gasteiger partial charge in [0.2, 0.25) is 5.95 Å². The van der Waals surface area contributed by atoms with E-state index in [0.717, 1.165) is 4.57 Å². The van der Waals surface area contributed by atoms with Crippen molar-refractivity contribution >= 4 is 58.4 Å². The molecule has 0 aliphatic carbocycles. The van der Waals surface area contributed by atoms with Crippen LogP contribution in [0.15, 0.2) is 9.59 Å².